The van der Waals surface area contributed by atoms with Gasteiger partial charge in [-0.3, -0.25) is 9.59 Å². The second-order valence-corrected chi connectivity index (χ2v) is 8.86. The topological polar surface area (TPSA) is 92.4 Å². The van der Waals surface area contributed by atoms with Crippen LogP contribution in [0.15, 0.2) is 77.2 Å². The van der Waals surface area contributed by atoms with Crippen LogP contribution in [0.4, 0.5) is 5.69 Å². The molecule has 1 heterocycles. The molecule has 0 aliphatic heterocycles. The van der Waals surface area contributed by atoms with Crippen LogP contribution in [0.5, 0.6) is 0 Å². The molecule has 0 amide bonds. The molecule has 0 radical (unpaired) electrons. The number of nitrogens with zero attached hydrogens (tertiary/aromatic N) is 1. The fourth-order valence-electron chi connectivity index (χ4n) is 4.09. The minimum absolute atomic E-state index is 0.00710. The Hall–Kier alpha value is -3.93. The zero-order valence-corrected chi connectivity index (χ0v) is 20.0. The van der Waals surface area contributed by atoms with Crippen molar-refractivity contribution in [2.45, 2.75) is 45.6 Å². The summed E-state index contributed by atoms with van der Waals surface area (Å²) in [6, 6.07) is 23.5. The number of hydrogen-bond acceptors (Lipinski definition) is 5. The maximum atomic E-state index is 12.3. The molecule has 4 aromatic rings. The number of carbonyl (C=O) groups excluding carboxylic acids is 1. The molecule has 0 spiro atoms. The Bertz CT molecular complexity index is 1260. The van der Waals surface area contributed by atoms with E-state index in [4.69, 9.17) is 9.52 Å². The molecule has 3 aromatic carbocycles. The number of anilines is 1. The summed E-state index contributed by atoms with van der Waals surface area (Å²) < 4.78 is 5.90. The number of oxazole rings is 1. The molecule has 0 bridgehead atoms. The molecule has 0 aliphatic carbocycles. The molecular formula is C29H30N2O4. The third-order valence-electron chi connectivity index (χ3n) is 6.35. The quantitative estimate of drug-likeness (QED) is 0.227. The number of carbonyl (C=O) groups is 2. The Balaban J connectivity index is 1.47. The number of carboxylic acid groups (broad SMARTS) is 1. The van der Waals surface area contributed by atoms with E-state index in [1.807, 2.05) is 48.5 Å². The largest absolute Gasteiger partial charge is 0.481 e. The number of ketones is 1. The van der Waals surface area contributed by atoms with Gasteiger partial charge in [0.05, 0.1) is 6.04 Å². The normalized spacial score (nSPS) is 12.9. The Morgan fingerprint density at radius 1 is 0.971 bits per heavy atom. The van der Waals surface area contributed by atoms with Crippen molar-refractivity contribution in [3.05, 3.63) is 83.9 Å². The van der Waals surface area contributed by atoms with E-state index in [0.29, 0.717) is 23.8 Å². The lowest BCUT2D eigenvalue weighted by Crippen LogP contribution is -2.18. The maximum absolute atomic E-state index is 12.3. The van der Waals surface area contributed by atoms with Crippen molar-refractivity contribution < 1.29 is 19.1 Å². The van der Waals surface area contributed by atoms with Crippen LogP contribution in [0.2, 0.25) is 0 Å². The maximum Gasteiger partial charge on any atom is 0.303 e. The van der Waals surface area contributed by atoms with E-state index in [1.165, 1.54) is 0 Å². The Labute approximate surface area is 205 Å². The van der Waals surface area contributed by atoms with E-state index in [1.54, 1.807) is 12.1 Å². The number of fused-ring (bicyclic) bond motifs is 1. The van der Waals surface area contributed by atoms with Crippen LogP contribution in [-0.4, -0.2) is 21.8 Å². The minimum atomic E-state index is -0.879. The Morgan fingerprint density at radius 3 is 2.34 bits per heavy atom. The van der Waals surface area contributed by atoms with Gasteiger partial charge in [-0.25, -0.2) is 4.98 Å². The zero-order valence-electron chi connectivity index (χ0n) is 20.0. The van der Waals surface area contributed by atoms with Gasteiger partial charge in [-0.15, -0.1) is 0 Å². The fraction of sp³-hybridized carbons (Fsp3) is 0.276. The van der Waals surface area contributed by atoms with Crippen molar-refractivity contribution in [3.63, 3.8) is 0 Å². The number of aromatic nitrogens is 1. The van der Waals surface area contributed by atoms with Crippen molar-refractivity contribution in [1.82, 2.24) is 4.98 Å². The van der Waals surface area contributed by atoms with Crippen LogP contribution < -0.4 is 5.32 Å². The first kappa shape index (κ1) is 24.2. The third-order valence-corrected chi connectivity index (χ3v) is 6.35. The summed E-state index contributed by atoms with van der Waals surface area (Å²) in [5.74, 6) is 0.0679. The predicted molar refractivity (Wildman–Crippen MR) is 138 cm³/mol. The summed E-state index contributed by atoms with van der Waals surface area (Å²) in [6.07, 6.45) is 1.60. The highest BCUT2D eigenvalue weighted by Gasteiger charge is 2.19. The molecule has 180 valence electrons. The van der Waals surface area contributed by atoms with Gasteiger partial charge in [-0.1, -0.05) is 44.5 Å². The number of para-hydroxylation sites is 2. The lowest BCUT2D eigenvalue weighted by atomic mass is 9.91. The average molecular weight is 471 g/mol. The van der Waals surface area contributed by atoms with E-state index >= 15 is 0 Å². The van der Waals surface area contributed by atoms with E-state index in [2.05, 4.69) is 36.3 Å². The number of rotatable bonds is 11. The van der Waals surface area contributed by atoms with Crippen molar-refractivity contribution in [2.75, 3.05) is 5.32 Å². The van der Waals surface area contributed by atoms with E-state index in [9.17, 15) is 9.59 Å². The standard InChI is InChI=1S/C29H30N2O4/c1-3-19(2)28(30-23-17-15-20(16-18-23)25(32)8-6-10-27(33)34)21-11-13-22(14-12-21)29-31-24-7-4-5-9-26(24)35-29/h4-5,7,9,11-19,28,30H,3,6,8,10H2,1-2H3,(H,33,34)/t19?,28-/m1/s1. The first-order valence-electron chi connectivity index (χ1n) is 12.0. The molecule has 2 atom stereocenters. The van der Waals surface area contributed by atoms with Gasteiger partial charge in [0.1, 0.15) is 5.52 Å². The molecule has 35 heavy (non-hydrogen) atoms. The van der Waals surface area contributed by atoms with Crippen LogP contribution in [0.25, 0.3) is 22.6 Å². The van der Waals surface area contributed by atoms with E-state index < -0.39 is 5.97 Å². The first-order valence-corrected chi connectivity index (χ1v) is 12.0. The van der Waals surface area contributed by atoms with E-state index in [0.717, 1.165) is 34.3 Å². The molecule has 4 rings (SSSR count). The number of Topliss-reactive ketones (excluding diaryl/α,β-unsaturated/α-hetero) is 1. The molecule has 1 aromatic heterocycles. The summed E-state index contributed by atoms with van der Waals surface area (Å²) in [5, 5.41) is 12.4. The van der Waals surface area contributed by atoms with Crippen LogP contribution in [0.3, 0.4) is 0 Å². The summed E-state index contributed by atoms with van der Waals surface area (Å²) in [7, 11) is 0. The minimum Gasteiger partial charge on any atom is -0.481 e. The van der Waals surface area contributed by atoms with Crippen LogP contribution in [-0.2, 0) is 4.79 Å². The lowest BCUT2D eigenvalue weighted by Gasteiger charge is -2.26. The number of benzene rings is 3. The summed E-state index contributed by atoms with van der Waals surface area (Å²) in [6.45, 7) is 4.39. The molecule has 2 N–H and O–H groups in total. The smallest absolute Gasteiger partial charge is 0.303 e. The number of carboxylic acids is 1. The van der Waals surface area contributed by atoms with Crippen LogP contribution >= 0.6 is 0 Å². The highest BCUT2D eigenvalue weighted by atomic mass is 16.4. The van der Waals surface area contributed by atoms with Gasteiger partial charge in [0.15, 0.2) is 11.4 Å². The van der Waals surface area contributed by atoms with Gasteiger partial charge in [0, 0.05) is 29.7 Å². The van der Waals surface area contributed by atoms with Crippen LogP contribution in [0, 0.1) is 5.92 Å². The highest BCUT2D eigenvalue weighted by molar-refractivity contribution is 5.96. The monoisotopic (exact) mass is 470 g/mol. The molecule has 0 saturated heterocycles. The molecule has 0 saturated carbocycles. The number of nitrogens with one attached hydrogen (secondary N) is 1. The second kappa shape index (κ2) is 11.0. The zero-order chi connectivity index (χ0) is 24.8. The van der Waals surface area contributed by atoms with Gasteiger partial charge >= 0.3 is 5.97 Å². The van der Waals surface area contributed by atoms with Crippen molar-refractivity contribution in [1.29, 1.82) is 0 Å². The summed E-state index contributed by atoms with van der Waals surface area (Å²) in [5.41, 5.74) is 5.24. The lowest BCUT2D eigenvalue weighted by molar-refractivity contribution is -0.137. The first-order chi connectivity index (χ1) is 16.9. The van der Waals surface area contributed by atoms with Crippen molar-refractivity contribution in [3.8, 4) is 11.5 Å². The van der Waals surface area contributed by atoms with Gasteiger partial charge in [-0.2, -0.15) is 0 Å². The molecule has 0 fully saturated rings. The van der Waals surface area contributed by atoms with E-state index in [-0.39, 0.29) is 24.7 Å². The average Bonchev–Trinajstić information content (AvgIpc) is 3.31. The molecule has 1 unspecified atom stereocenters. The Kier molecular flexibility index (Phi) is 7.60. The fourth-order valence-corrected chi connectivity index (χ4v) is 4.09. The van der Waals surface area contributed by atoms with Crippen molar-refractivity contribution in [2.24, 2.45) is 5.92 Å². The van der Waals surface area contributed by atoms with Gasteiger partial charge in [-0.05, 0) is 66.4 Å². The highest BCUT2D eigenvalue weighted by Crippen LogP contribution is 2.31. The SMILES string of the molecule is CCC(C)[C@@H](Nc1ccc(C(=O)CCCC(=O)O)cc1)c1ccc(-c2nc3ccccc3o2)cc1. The Morgan fingerprint density at radius 2 is 1.69 bits per heavy atom. The molecule has 6 heteroatoms. The summed E-state index contributed by atoms with van der Waals surface area (Å²) >= 11 is 0. The van der Waals surface area contributed by atoms with Gasteiger partial charge < -0.3 is 14.8 Å². The second-order valence-electron chi connectivity index (χ2n) is 8.86. The van der Waals surface area contributed by atoms with Crippen LogP contribution in [0.1, 0.15) is 61.5 Å². The summed E-state index contributed by atoms with van der Waals surface area (Å²) in [4.78, 5) is 27.6. The third kappa shape index (κ3) is 5.96. The number of aliphatic carboxylic acids is 1. The van der Waals surface area contributed by atoms with Gasteiger partial charge in [0.25, 0.3) is 0 Å². The predicted octanol–water partition coefficient (Wildman–Crippen LogP) is 7.13. The number of hydrogen-bond donors (Lipinski definition) is 2. The van der Waals surface area contributed by atoms with Crippen molar-refractivity contribution >= 4 is 28.5 Å². The molecular weight excluding hydrogens is 440 g/mol. The molecule has 0 aliphatic rings. The van der Waals surface area contributed by atoms with Gasteiger partial charge in [0.2, 0.25) is 5.89 Å². The molecule has 6 nitrogen and oxygen atoms in total.